The normalized spacial score (nSPS) is 21.3. The summed E-state index contributed by atoms with van der Waals surface area (Å²) in [7, 11) is 0. The maximum Gasteiger partial charge on any atom is -0.0187 e. The van der Waals surface area contributed by atoms with Crippen LogP contribution in [0.3, 0.4) is 0 Å². The molecule has 1 aliphatic rings. The highest BCUT2D eigenvalue weighted by molar-refractivity contribution is 5.74. The molecule has 0 radical (unpaired) electrons. The highest BCUT2D eigenvalue weighted by Crippen LogP contribution is 2.23. The van der Waals surface area contributed by atoms with Gasteiger partial charge in [0.1, 0.15) is 0 Å². The Morgan fingerprint density at radius 3 is 2.62 bits per heavy atom. The first kappa shape index (κ1) is 8.31. The third-order valence-electron chi connectivity index (χ3n) is 2.38. The van der Waals surface area contributed by atoms with Crippen molar-refractivity contribution in [1.82, 2.24) is 0 Å². The zero-order valence-electron chi connectivity index (χ0n) is 7.90. The molecule has 0 saturated heterocycles. The van der Waals surface area contributed by atoms with E-state index in [4.69, 9.17) is 0 Å². The second-order valence-corrected chi connectivity index (χ2v) is 3.60. The molecule has 1 atom stereocenters. The lowest BCUT2D eigenvalue weighted by Crippen LogP contribution is -1.94. The van der Waals surface area contributed by atoms with E-state index in [2.05, 4.69) is 55.5 Å². The average molecular weight is 170 g/mol. The van der Waals surface area contributed by atoms with Gasteiger partial charge >= 0.3 is 0 Å². The third kappa shape index (κ3) is 1.89. The van der Waals surface area contributed by atoms with Crippen LogP contribution in [0.25, 0.3) is 5.57 Å². The van der Waals surface area contributed by atoms with Crippen LogP contribution in [0.2, 0.25) is 0 Å². The van der Waals surface area contributed by atoms with Crippen LogP contribution in [0, 0.1) is 5.92 Å². The van der Waals surface area contributed by atoms with E-state index in [1.54, 1.807) is 0 Å². The minimum atomic E-state index is 0.681. The molecular weight excluding hydrogens is 156 g/mol. The lowest BCUT2D eigenvalue weighted by atomic mass is 9.94. The Hall–Kier alpha value is -1.30. The van der Waals surface area contributed by atoms with Crippen molar-refractivity contribution >= 4 is 5.57 Å². The largest absolute Gasteiger partial charge is 0.0834 e. The summed E-state index contributed by atoms with van der Waals surface area (Å²) in [6, 6.07) is 10.6. The van der Waals surface area contributed by atoms with Gasteiger partial charge in [-0.05, 0) is 23.5 Å². The van der Waals surface area contributed by atoms with Crippen LogP contribution >= 0.6 is 0 Å². The second kappa shape index (κ2) is 3.61. The molecule has 0 saturated carbocycles. The summed E-state index contributed by atoms with van der Waals surface area (Å²) >= 11 is 0. The van der Waals surface area contributed by atoms with Gasteiger partial charge in [-0.1, -0.05) is 55.5 Å². The van der Waals surface area contributed by atoms with Gasteiger partial charge in [0.2, 0.25) is 0 Å². The van der Waals surface area contributed by atoms with Gasteiger partial charge < -0.3 is 0 Å². The van der Waals surface area contributed by atoms with E-state index in [0.29, 0.717) is 5.92 Å². The van der Waals surface area contributed by atoms with Crippen LogP contribution in [-0.2, 0) is 0 Å². The highest BCUT2D eigenvalue weighted by Gasteiger charge is 2.04. The number of rotatable bonds is 1. The van der Waals surface area contributed by atoms with E-state index >= 15 is 0 Å². The molecule has 1 aliphatic carbocycles. The maximum atomic E-state index is 2.34. The van der Waals surface area contributed by atoms with Gasteiger partial charge in [-0.25, -0.2) is 0 Å². The minimum absolute atomic E-state index is 0.681. The molecular formula is C13H14. The van der Waals surface area contributed by atoms with Crippen LogP contribution < -0.4 is 0 Å². The van der Waals surface area contributed by atoms with Gasteiger partial charge in [0.25, 0.3) is 0 Å². The van der Waals surface area contributed by atoms with E-state index in [0.717, 1.165) is 0 Å². The molecule has 2 rings (SSSR count). The molecule has 0 fully saturated rings. The SMILES string of the molecule is C[C@@H]1C=C(c2ccccc2)C=CC1. The first-order chi connectivity index (χ1) is 6.36. The van der Waals surface area contributed by atoms with E-state index in [1.165, 1.54) is 17.6 Å². The Bertz CT molecular complexity index is 330. The Kier molecular flexibility index (Phi) is 2.31. The number of benzene rings is 1. The monoisotopic (exact) mass is 170 g/mol. The van der Waals surface area contributed by atoms with Crippen molar-refractivity contribution in [2.45, 2.75) is 13.3 Å². The zero-order valence-corrected chi connectivity index (χ0v) is 7.90. The smallest absolute Gasteiger partial charge is 0.0187 e. The molecule has 0 aliphatic heterocycles. The summed E-state index contributed by atoms with van der Waals surface area (Å²) in [6.07, 6.45) is 7.99. The highest BCUT2D eigenvalue weighted by atomic mass is 14.1. The molecule has 66 valence electrons. The van der Waals surface area contributed by atoms with Gasteiger partial charge in [-0.3, -0.25) is 0 Å². The predicted molar refractivity (Wildman–Crippen MR) is 57.3 cm³/mol. The fraction of sp³-hybridized carbons (Fsp3) is 0.231. The summed E-state index contributed by atoms with van der Waals surface area (Å²) in [5, 5.41) is 0. The number of allylic oxidation sites excluding steroid dienone is 4. The number of hydrogen-bond acceptors (Lipinski definition) is 0. The molecule has 1 aromatic rings. The summed E-state index contributed by atoms with van der Waals surface area (Å²) in [5.41, 5.74) is 2.68. The van der Waals surface area contributed by atoms with Crippen LogP contribution in [0.1, 0.15) is 18.9 Å². The van der Waals surface area contributed by atoms with Gasteiger partial charge in [0.05, 0.1) is 0 Å². The lowest BCUT2D eigenvalue weighted by molar-refractivity contribution is 0.740. The molecule has 0 nitrogen and oxygen atoms in total. The third-order valence-corrected chi connectivity index (χ3v) is 2.38. The molecule has 0 unspecified atom stereocenters. The first-order valence-electron chi connectivity index (χ1n) is 4.80. The molecule has 1 aromatic carbocycles. The summed E-state index contributed by atoms with van der Waals surface area (Å²) in [4.78, 5) is 0. The Morgan fingerprint density at radius 1 is 1.15 bits per heavy atom. The van der Waals surface area contributed by atoms with Crippen molar-refractivity contribution in [3.8, 4) is 0 Å². The van der Waals surface area contributed by atoms with E-state index in [1.807, 2.05) is 0 Å². The van der Waals surface area contributed by atoms with Crippen LogP contribution in [0.5, 0.6) is 0 Å². The van der Waals surface area contributed by atoms with Crippen molar-refractivity contribution in [1.29, 1.82) is 0 Å². The molecule has 0 heteroatoms. The van der Waals surface area contributed by atoms with Crippen LogP contribution in [0.4, 0.5) is 0 Å². The molecule has 0 heterocycles. The molecule has 0 spiro atoms. The van der Waals surface area contributed by atoms with Crippen molar-refractivity contribution in [3.63, 3.8) is 0 Å². The van der Waals surface area contributed by atoms with Crippen molar-refractivity contribution in [2.24, 2.45) is 5.92 Å². The number of hydrogen-bond donors (Lipinski definition) is 0. The fourth-order valence-corrected chi connectivity index (χ4v) is 1.66. The van der Waals surface area contributed by atoms with Gasteiger partial charge in [0, 0.05) is 0 Å². The Labute approximate surface area is 79.6 Å². The fourth-order valence-electron chi connectivity index (χ4n) is 1.66. The van der Waals surface area contributed by atoms with E-state index in [9.17, 15) is 0 Å². The molecule has 0 amide bonds. The second-order valence-electron chi connectivity index (χ2n) is 3.60. The Balaban J connectivity index is 2.32. The predicted octanol–water partition coefficient (Wildman–Crippen LogP) is 3.67. The van der Waals surface area contributed by atoms with E-state index < -0.39 is 0 Å². The minimum Gasteiger partial charge on any atom is -0.0834 e. The molecule has 13 heavy (non-hydrogen) atoms. The first-order valence-corrected chi connectivity index (χ1v) is 4.80. The van der Waals surface area contributed by atoms with Gasteiger partial charge in [-0.2, -0.15) is 0 Å². The zero-order chi connectivity index (χ0) is 9.10. The summed E-state index contributed by atoms with van der Waals surface area (Å²) in [5.74, 6) is 0.681. The van der Waals surface area contributed by atoms with Gasteiger partial charge in [-0.15, -0.1) is 0 Å². The van der Waals surface area contributed by atoms with Crippen LogP contribution in [-0.4, -0.2) is 0 Å². The maximum absolute atomic E-state index is 2.34. The van der Waals surface area contributed by atoms with Gasteiger partial charge in [0.15, 0.2) is 0 Å². The quantitative estimate of drug-likeness (QED) is 0.603. The molecule has 0 N–H and O–H groups in total. The van der Waals surface area contributed by atoms with Crippen molar-refractivity contribution < 1.29 is 0 Å². The standard InChI is InChI=1S/C13H14/c1-11-6-5-9-13(10-11)12-7-3-2-4-8-12/h2-5,7-11H,6H2,1H3/t11-/m0/s1. The Morgan fingerprint density at radius 2 is 1.92 bits per heavy atom. The summed E-state index contributed by atoms with van der Waals surface area (Å²) in [6.45, 7) is 2.26. The van der Waals surface area contributed by atoms with Crippen molar-refractivity contribution in [3.05, 3.63) is 54.1 Å². The molecule has 0 aromatic heterocycles. The van der Waals surface area contributed by atoms with Crippen LogP contribution in [0.15, 0.2) is 48.6 Å². The van der Waals surface area contributed by atoms with E-state index in [-0.39, 0.29) is 0 Å². The lowest BCUT2D eigenvalue weighted by Gasteiger charge is -2.12. The van der Waals surface area contributed by atoms with Crippen molar-refractivity contribution in [2.75, 3.05) is 0 Å². The average Bonchev–Trinajstić information content (AvgIpc) is 2.19. The topological polar surface area (TPSA) is 0 Å². The molecule has 0 bridgehead atoms. The summed E-state index contributed by atoms with van der Waals surface area (Å²) < 4.78 is 0.